The molecule has 12 heteroatoms. The average molecular weight is 571 g/mol. The number of rotatable bonds is 6. The van der Waals surface area contributed by atoms with E-state index in [-0.39, 0.29) is 65.9 Å². The summed E-state index contributed by atoms with van der Waals surface area (Å²) in [5, 5.41) is 6.03. The molecule has 10 nitrogen and oxygen atoms in total. The standard InChI is InChI=1S/C19H33N5O5S.HI/c1-2-20-19(21-7-5-17(25)22-15-6-13-30(27,28)14-15)24-10-8-23(9-11-24)18(26)16-4-3-12-29-16;/h15-16H,2-14H2,1H3,(H,20,21)(H,22,25);1H. The van der Waals surface area contributed by atoms with Gasteiger partial charge in [0.05, 0.1) is 18.1 Å². The van der Waals surface area contributed by atoms with Crippen molar-refractivity contribution >= 4 is 51.6 Å². The van der Waals surface area contributed by atoms with Crippen LogP contribution in [0.4, 0.5) is 0 Å². The number of nitrogens with one attached hydrogen (secondary N) is 2. The summed E-state index contributed by atoms with van der Waals surface area (Å²) in [6.07, 6.45) is 2.15. The van der Waals surface area contributed by atoms with Crippen molar-refractivity contribution in [3.63, 3.8) is 0 Å². The summed E-state index contributed by atoms with van der Waals surface area (Å²) in [5.74, 6) is 0.808. The second-order valence-corrected chi connectivity index (χ2v) is 10.2. The topological polar surface area (TPSA) is 120 Å². The molecule has 2 N–H and O–H groups in total. The molecule has 0 aliphatic carbocycles. The Kier molecular flexibility index (Phi) is 10.3. The van der Waals surface area contributed by atoms with E-state index in [9.17, 15) is 18.0 Å². The summed E-state index contributed by atoms with van der Waals surface area (Å²) < 4.78 is 28.5. The molecule has 2 atom stereocenters. The fourth-order valence-corrected chi connectivity index (χ4v) is 5.69. The molecule has 0 aromatic rings. The van der Waals surface area contributed by atoms with Crippen molar-refractivity contribution in [2.45, 2.75) is 44.8 Å². The van der Waals surface area contributed by atoms with Crippen LogP contribution in [0.5, 0.6) is 0 Å². The lowest BCUT2D eigenvalue weighted by molar-refractivity contribution is -0.142. The summed E-state index contributed by atoms with van der Waals surface area (Å²) >= 11 is 0. The van der Waals surface area contributed by atoms with Crippen molar-refractivity contribution in [1.29, 1.82) is 0 Å². The lowest BCUT2D eigenvalue weighted by atomic mass is 10.2. The van der Waals surface area contributed by atoms with Gasteiger partial charge < -0.3 is 25.2 Å². The Hall–Kier alpha value is -1.15. The molecule has 3 aliphatic heterocycles. The van der Waals surface area contributed by atoms with Gasteiger partial charge in [-0.1, -0.05) is 0 Å². The van der Waals surface area contributed by atoms with Crippen molar-refractivity contribution in [2.75, 3.05) is 57.4 Å². The molecule has 3 aliphatic rings. The van der Waals surface area contributed by atoms with Gasteiger partial charge in [-0.3, -0.25) is 14.6 Å². The number of halogens is 1. The highest BCUT2D eigenvalue weighted by molar-refractivity contribution is 14.0. The Morgan fingerprint density at radius 1 is 1.13 bits per heavy atom. The zero-order valence-corrected chi connectivity index (χ0v) is 21.2. The maximum atomic E-state index is 12.5. The number of amides is 2. The zero-order valence-electron chi connectivity index (χ0n) is 18.0. The Labute approximate surface area is 201 Å². The van der Waals surface area contributed by atoms with Gasteiger partial charge in [0.15, 0.2) is 15.8 Å². The first kappa shape index (κ1) is 26.1. The monoisotopic (exact) mass is 571 g/mol. The molecule has 2 amide bonds. The fourth-order valence-electron chi connectivity index (χ4n) is 4.01. The first-order valence-electron chi connectivity index (χ1n) is 10.8. The van der Waals surface area contributed by atoms with Gasteiger partial charge in [-0.05, 0) is 26.2 Å². The molecule has 0 bridgehead atoms. The Balaban J connectivity index is 0.00000341. The van der Waals surface area contributed by atoms with Crippen molar-refractivity contribution in [3.8, 4) is 0 Å². The zero-order chi connectivity index (χ0) is 21.6. The normalized spacial score (nSPS) is 25.8. The van der Waals surface area contributed by atoms with Crippen LogP contribution in [0.25, 0.3) is 0 Å². The van der Waals surface area contributed by atoms with Gasteiger partial charge in [-0.25, -0.2) is 8.42 Å². The van der Waals surface area contributed by atoms with Gasteiger partial charge in [0.25, 0.3) is 5.91 Å². The molecule has 31 heavy (non-hydrogen) atoms. The first-order valence-corrected chi connectivity index (χ1v) is 12.6. The van der Waals surface area contributed by atoms with Crippen LogP contribution in [0, 0.1) is 0 Å². The number of nitrogens with zero attached hydrogens (tertiary/aromatic N) is 3. The summed E-state index contributed by atoms with van der Waals surface area (Å²) in [5.41, 5.74) is 0. The smallest absolute Gasteiger partial charge is 0.251 e. The molecule has 3 rings (SSSR count). The molecule has 0 aromatic heterocycles. The van der Waals surface area contributed by atoms with Crippen LogP contribution in [0.3, 0.4) is 0 Å². The molecule has 3 fully saturated rings. The minimum absolute atomic E-state index is 0. The number of carbonyl (C=O) groups is 2. The maximum Gasteiger partial charge on any atom is 0.251 e. The van der Waals surface area contributed by atoms with Gasteiger partial charge in [-0.15, -0.1) is 24.0 Å². The summed E-state index contributed by atoms with van der Waals surface area (Å²) in [4.78, 5) is 33.1. The number of hydrogen-bond donors (Lipinski definition) is 2. The van der Waals surface area contributed by atoms with Crippen molar-refractivity contribution in [3.05, 3.63) is 0 Å². The van der Waals surface area contributed by atoms with Crippen LogP contribution in [0.15, 0.2) is 4.99 Å². The van der Waals surface area contributed by atoms with Crippen molar-refractivity contribution in [2.24, 2.45) is 4.99 Å². The molecular weight excluding hydrogens is 537 g/mol. The number of aliphatic imine (C=N–C) groups is 1. The molecular formula is C19H34IN5O5S. The van der Waals surface area contributed by atoms with E-state index in [1.807, 2.05) is 11.8 Å². The van der Waals surface area contributed by atoms with Crippen LogP contribution in [0.2, 0.25) is 0 Å². The van der Waals surface area contributed by atoms with E-state index in [1.54, 1.807) is 0 Å². The highest BCUT2D eigenvalue weighted by atomic mass is 127. The third-order valence-corrected chi connectivity index (χ3v) is 7.40. The Morgan fingerprint density at radius 3 is 2.42 bits per heavy atom. The number of sulfone groups is 1. The molecule has 0 aromatic carbocycles. The molecule has 3 heterocycles. The van der Waals surface area contributed by atoms with Crippen LogP contribution < -0.4 is 10.6 Å². The van der Waals surface area contributed by atoms with Crippen LogP contribution in [-0.2, 0) is 24.2 Å². The van der Waals surface area contributed by atoms with Gasteiger partial charge in [0.1, 0.15) is 6.10 Å². The minimum atomic E-state index is -3.01. The second kappa shape index (κ2) is 12.2. The lowest BCUT2D eigenvalue weighted by Crippen LogP contribution is -2.55. The quantitative estimate of drug-likeness (QED) is 0.253. The van der Waals surface area contributed by atoms with Crippen molar-refractivity contribution < 1.29 is 22.7 Å². The van der Waals surface area contributed by atoms with Gasteiger partial charge in [0.2, 0.25) is 5.91 Å². The largest absolute Gasteiger partial charge is 0.368 e. The van der Waals surface area contributed by atoms with Crippen LogP contribution >= 0.6 is 24.0 Å². The van der Waals surface area contributed by atoms with E-state index in [2.05, 4.69) is 20.5 Å². The second-order valence-electron chi connectivity index (χ2n) is 7.97. The molecule has 3 saturated heterocycles. The predicted octanol–water partition coefficient (Wildman–Crippen LogP) is -0.413. The summed E-state index contributed by atoms with van der Waals surface area (Å²) in [6, 6.07) is -0.283. The Morgan fingerprint density at radius 2 is 1.84 bits per heavy atom. The van der Waals surface area contributed by atoms with E-state index in [0.717, 1.165) is 18.8 Å². The molecule has 0 saturated carbocycles. The SMILES string of the molecule is CCNC(=NCCC(=O)NC1CCS(=O)(=O)C1)N1CCN(C(=O)C2CCCO2)CC1.I. The highest BCUT2D eigenvalue weighted by Gasteiger charge is 2.31. The molecule has 178 valence electrons. The van der Waals surface area contributed by atoms with E-state index in [1.165, 1.54) is 0 Å². The third kappa shape index (κ3) is 7.74. The maximum absolute atomic E-state index is 12.5. The molecule has 2 unspecified atom stereocenters. The summed E-state index contributed by atoms with van der Waals surface area (Å²) in [6.45, 7) is 6.28. The average Bonchev–Trinajstić information content (AvgIpc) is 3.36. The van der Waals surface area contributed by atoms with Gasteiger partial charge in [-0.2, -0.15) is 0 Å². The lowest BCUT2D eigenvalue weighted by Gasteiger charge is -2.37. The number of carbonyl (C=O) groups excluding carboxylic acids is 2. The predicted molar refractivity (Wildman–Crippen MR) is 128 cm³/mol. The van der Waals surface area contributed by atoms with Gasteiger partial charge in [0, 0.05) is 51.8 Å². The third-order valence-electron chi connectivity index (χ3n) is 5.63. The fraction of sp³-hybridized carbons (Fsp3) is 0.842. The number of guanidine groups is 1. The van der Waals surface area contributed by atoms with E-state index in [4.69, 9.17) is 4.74 Å². The molecule has 0 spiro atoms. The van der Waals surface area contributed by atoms with E-state index < -0.39 is 9.84 Å². The minimum Gasteiger partial charge on any atom is -0.368 e. The number of ether oxygens (including phenoxy) is 1. The van der Waals surface area contributed by atoms with Crippen molar-refractivity contribution in [1.82, 2.24) is 20.4 Å². The number of piperazine rings is 1. The molecule has 0 radical (unpaired) electrons. The van der Waals surface area contributed by atoms with Crippen LogP contribution in [0.1, 0.15) is 32.6 Å². The van der Waals surface area contributed by atoms with E-state index >= 15 is 0 Å². The van der Waals surface area contributed by atoms with Gasteiger partial charge >= 0.3 is 0 Å². The first-order chi connectivity index (χ1) is 14.4. The van der Waals surface area contributed by atoms with E-state index in [0.29, 0.717) is 52.3 Å². The summed E-state index contributed by atoms with van der Waals surface area (Å²) in [7, 11) is -3.01. The highest BCUT2D eigenvalue weighted by Crippen LogP contribution is 2.16. The number of hydrogen-bond acceptors (Lipinski definition) is 6. The van der Waals surface area contributed by atoms with Crippen LogP contribution in [-0.4, -0.2) is 106 Å². The Bertz CT molecular complexity index is 749.